The molecule has 7 heteroatoms. The number of rotatable bonds is 6. The minimum absolute atomic E-state index is 0.185. The van der Waals surface area contributed by atoms with Gasteiger partial charge < -0.3 is 10.3 Å². The Morgan fingerprint density at radius 2 is 2.30 bits per heavy atom. The van der Waals surface area contributed by atoms with Gasteiger partial charge in [-0.2, -0.15) is 16.7 Å². The van der Waals surface area contributed by atoms with E-state index in [1.54, 1.807) is 23.9 Å². The largest absolute Gasteiger partial charge is 0.338 e. The lowest BCUT2D eigenvalue weighted by Gasteiger charge is -2.04. The number of halogens is 2. The van der Waals surface area contributed by atoms with Crippen molar-refractivity contribution in [1.82, 2.24) is 10.1 Å². The highest BCUT2D eigenvalue weighted by atomic mass is 35.5. The Morgan fingerprint density at radius 3 is 3.00 bits per heavy atom. The third-order valence-corrected chi connectivity index (χ3v) is 3.83. The van der Waals surface area contributed by atoms with Crippen molar-refractivity contribution in [1.29, 1.82) is 0 Å². The molecule has 20 heavy (non-hydrogen) atoms. The van der Waals surface area contributed by atoms with E-state index in [4.69, 9.17) is 21.9 Å². The zero-order valence-corrected chi connectivity index (χ0v) is 12.5. The lowest BCUT2D eigenvalue weighted by atomic mass is 10.1. The number of nitrogens with zero attached hydrogens (tertiary/aromatic N) is 2. The van der Waals surface area contributed by atoms with Crippen LogP contribution >= 0.6 is 23.4 Å². The summed E-state index contributed by atoms with van der Waals surface area (Å²) < 4.78 is 18.8. The first-order valence-corrected chi connectivity index (χ1v) is 7.89. The zero-order chi connectivity index (χ0) is 14.5. The molecule has 0 saturated carbocycles. The highest BCUT2D eigenvalue weighted by molar-refractivity contribution is 7.98. The van der Waals surface area contributed by atoms with E-state index in [9.17, 15) is 4.39 Å². The summed E-state index contributed by atoms with van der Waals surface area (Å²) >= 11 is 7.66. The van der Waals surface area contributed by atoms with Crippen LogP contribution in [0.1, 0.15) is 29.7 Å². The van der Waals surface area contributed by atoms with Crippen molar-refractivity contribution < 1.29 is 8.91 Å². The lowest BCUT2D eigenvalue weighted by molar-refractivity contribution is 0.349. The van der Waals surface area contributed by atoms with Gasteiger partial charge in [0.2, 0.25) is 5.89 Å². The second-order valence-corrected chi connectivity index (χ2v) is 5.71. The molecule has 0 unspecified atom stereocenters. The van der Waals surface area contributed by atoms with Crippen LogP contribution in [0.4, 0.5) is 4.39 Å². The summed E-state index contributed by atoms with van der Waals surface area (Å²) in [4.78, 5) is 4.20. The first kappa shape index (κ1) is 15.3. The fourth-order valence-corrected chi connectivity index (χ4v) is 2.44. The molecule has 4 nitrogen and oxygen atoms in total. The van der Waals surface area contributed by atoms with Crippen LogP contribution in [0.25, 0.3) is 0 Å². The van der Waals surface area contributed by atoms with Crippen LogP contribution < -0.4 is 5.73 Å². The van der Waals surface area contributed by atoms with Gasteiger partial charge in [0, 0.05) is 17.0 Å². The Kier molecular flexibility index (Phi) is 5.39. The summed E-state index contributed by atoms with van der Waals surface area (Å²) in [5.41, 5.74) is 6.30. The summed E-state index contributed by atoms with van der Waals surface area (Å²) in [5, 5.41) is 4.17. The molecule has 0 aliphatic heterocycles. The molecular formula is C13H15ClFN3OS. The van der Waals surface area contributed by atoms with Gasteiger partial charge in [0.25, 0.3) is 0 Å². The normalized spacial score (nSPS) is 12.6. The highest BCUT2D eigenvalue weighted by Crippen LogP contribution is 2.22. The van der Waals surface area contributed by atoms with Crippen LogP contribution in [-0.2, 0) is 6.42 Å². The summed E-state index contributed by atoms with van der Waals surface area (Å²) in [6.45, 7) is 0. The number of aromatic nitrogens is 2. The number of thioether (sulfide) groups is 1. The molecule has 1 heterocycles. The molecule has 108 valence electrons. The maximum Gasteiger partial charge on any atom is 0.243 e. The second kappa shape index (κ2) is 7.06. The standard InChI is InChI=1S/C13H15ClFN3OS/c1-20-6-5-11(16)13-17-12(18-19-13)7-8-9(14)3-2-4-10(8)15/h2-4,11H,5-7,16H2,1H3/t11-/m1/s1. The van der Waals surface area contributed by atoms with Gasteiger partial charge in [-0.25, -0.2) is 4.39 Å². The van der Waals surface area contributed by atoms with Crippen molar-refractivity contribution in [3.8, 4) is 0 Å². The molecule has 0 saturated heterocycles. The summed E-state index contributed by atoms with van der Waals surface area (Å²) in [6.07, 6.45) is 2.94. The van der Waals surface area contributed by atoms with Crippen LogP contribution in [0.2, 0.25) is 5.02 Å². The van der Waals surface area contributed by atoms with E-state index in [0.717, 1.165) is 12.2 Å². The maximum atomic E-state index is 13.7. The molecule has 0 bridgehead atoms. The molecule has 0 fully saturated rings. The van der Waals surface area contributed by atoms with E-state index in [-0.39, 0.29) is 18.3 Å². The zero-order valence-electron chi connectivity index (χ0n) is 11.0. The van der Waals surface area contributed by atoms with Crippen molar-refractivity contribution in [2.75, 3.05) is 12.0 Å². The molecule has 2 rings (SSSR count). The molecule has 2 aromatic rings. The van der Waals surface area contributed by atoms with Crippen LogP contribution in [-0.4, -0.2) is 22.1 Å². The number of nitrogens with two attached hydrogens (primary N) is 1. The molecule has 1 atom stereocenters. The lowest BCUT2D eigenvalue weighted by Crippen LogP contribution is -2.11. The van der Waals surface area contributed by atoms with Crippen LogP contribution in [0.5, 0.6) is 0 Å². The van der Waals surface area contributed by atoms with Gasteiger partial charge in [-0.15, -0.1) is 0 Å². The molecule has 0 aliphatic rings. The van der Waals surface area contributed by atoms with Gasteiger partial charge >= 0.3 is 0 Å². The van der Waals surface area contributed by atoms with Gasteiger partial charge in [0.1, 0.15) is 5.82 Å². The van der Waals surface area contributed by atoms with Crippen molar-refractivity contribution in [3.05, 3.63) is 46.3 Å². The van der Waals surface area contributed by atoms with Crippen LogP contribution in [0, 0.1) is 5.82 Å². The molecule has 0 amide bonds. The quantitative estimate of drug-likeness (QED) is 0.886. The predicted molar refractivity (Wildman–Crippen MR) is 78.4 cm³/mol. The van der Waals surface area contributed by atoms with Crippen LogP contribution in [0.15, 0.2) is 22.7 Å². The van der Waals surface area contributed by atoms with E-state index in [1.165, 1.54) is 6.07 Å². The SMILES string of the molecule is CSCC[C@@H](N)c1nc(Cc2c(F)cccc2Cl)no1. The van der Waals surface area contributed by atoms with Gasteiger partial charge in [-0.1, -0.05) is 22.8 Å². The third kappa shape index (κ3) is 3.71. The fourth-order valence-electron chi connectivity index (χ4n) is 1.72. The summed E-state index contributed by atoms with van der Waals surface area (Å²) in [5.74, 6) is 1.29. The minimum atomic E-state index is -0.379. The number of benzene rings is 1. The first-order chi connectivity index (χ1) is 9.61. The van der Waals surface area contributed by atoms with Gasteiger partial charge in [-0.3, -0.25) is 0 Å². The topological polar surface area (TPSA) is 64.9 Å². The van der Waals surface area contributed by atoms with Crippen molar-refractivity contribution in [2.24, 2.45) is 5.73 Å². The van der Waals surface area contributed by atoms with Gasteiger partial charge in [-0.05, 0) is 30.6 Å². The molecular weight excluding hydrogens is 301 g/mol. The molecule has 1 aromatic carbocycles. The van der Waals surface area contributed by atoms with Crippen molar-refractivity contribution in [2.45, 2.75) is 18.9 Å². The van der Waals surface area contributed by atoms with Gasteiger partial charge in [0.05, 0.1) is 6.04 Å². The Labute approximate surface area is 125 Å². The number of hydrogen-bond acceptors (Lipinski definition) is 5. The Hall–Kier alpha value is -1.11. The van der Waals surface area contributed by atoms with Crippen LogP contribution in [0.3, 0.4) is 0 Å². The van der Waals surface area contributed by atoms with E-state index in [1.807, 2.05) is 6.26 Å². The summed E-state index contributed by atoms with van der Waals surface area (Å²) in [6, 6.07) is 4.25. The van der Waals surface area contributed by atoms with Crippen molar-refractivity contribution in [3.63, 3.8) is 0 Å². The number of hydrogen-bond donors (Lipinski definition) is 1. The van der Waals surface area contributed by atoms with E-state index < -0.39 is 0 Å². The smallest absolute Gasteiger partial charge is 0.243 e. The van der Waals surface area contributed by atoms with Gasteiger partial charge in [0.15, 0.2) is 5.82 Å². The van der Waals surface area contributed by atoms with E-state index in [2.05, 4.69) is 10.1 Å². The first-order valence-electron chi connectivity index (χ1n) is 6.11. The summed E-state index contributed by atoms with van der Waals surface area (Å²) in [7, 11) is 0. The predicted octanol–water partition coefficient (Wildman–Crippen LogP) is 3.21. The second-order valence-electron chi connectivity index (χ2n) is 4.31. The highest BCUT2D eigenvalue weighted by Gasteiger charge is 2.16. The third-order valence-electron chi connectivity index (χ3n) is 2.83. The average molecular weight is 316 g/mol. The molecule has 2 N–H and O–H groups in total. The molecule has 0 aliphatic carbocycles. The molecule has 0 radical (unpaired) electrons. The molecule has 0 spiro atoms. The monoisotopic (exact) mass is 315 g/mol. The Balaban J connectivity index is 2.10. The van der Waals surface area contributed by atoms with E-state index >= 15 is 0 Å². The Bertz CT molecular complexity index is 558. The molecule has 1 aromatic heterocycles. The Morgan fingerprint density at radius 1 is 1.50 bits per heavy atom. The average Bonchev–Trinajstić information content (AvgIpc) is 2.89. The maximum absolute atomic E-state index is 13.7. The van der Waals surface area contributed by atoms with E-state index in [0.29, 0.717) is 22.3 Å². The minimum Gasteiger partial charge on any atom is -0.338 e. The van der Waals surface area contributed by atoms with Crippen molar-refractivity contribution >= 4 is 23.4 Å². The fraction of sp³-hybridized carbons (Fsp3) is 0.385.